The molecule has 0 radical (unpaired) electrons. The summed E-state index contributed by atoms with van der Waals surface area (Å²) in [6.45, 7) is 13.8. The van der Waals surface area contributed by atoms with E-state index in [1.807, 2.05) is 0 Å². The summed E-state index contributed by atoms with van der Waals surface area (Å²) in [6.07, 6.45) is 0. The average Bonchev–Trinajstić information content (AvgIpc) is 1.59. The Balaban J connectivity index is 0.000000149. The van der Waals surface area contributed by atoms with Crippen LogP contribution in [0.1, 0.15) is 52.7 Å². The second kappa shape index (κ2) is 27.3. The molecule has 0 spiro atoms. The van der Waals surface area contributed by atoms with E-state index in [1.54, 1.807) is 0 Å². The number of nitrogens with zero attached hydrogens (tertiary/aromatic N) is 6. The molecule has 6 heteroatoms. The fourth-order valence-electron chi connectivity index (χ4n) is 16.6. The van der Waals surface area contributed by atoms with Gasteiger partial charge in [0.15, 0.2) is 0 Å². The van der Waals surface area contributed by atoms with E-state index in [4.69, 9.17) is 0 Å². The molecular formula is C104H82N6. The summed E-state index contributed by atoms with van der Waals surface area (Å²) < 4.78 is 9.60. The van der Waals surface area contributed by atoms with E-state index in [2.05, 4.69) is 458 Å². The lowest BCUT2D eigenvalue weighted by Crippen LogP contribution is -2.10. The number of aromatic nitrogens is 4. The van der Waals surface area contributed by atoms with E-state index in [1.165, 1.54) is 132 Å². The molecule has 4 aromatic heterocycles. The molecule has 0 atom stereocenters. The Hall–Kier alpha value is -13.7. The van der Waals surface area contributed by atoms with Crippen LogP contribution in [0.2, 0.25) is 0 Å². The summed E-state index contributed by atoms with van der Waals surface area (Å²) in [6, 6.07) is 141. The number of fused-ring (bicyclic) bond motifs is 12. The molecule has 0 N–H and O–H groups in total. The van der Waals surface area contributed by atoms with Crippen molar-refractivity contribution in [1.29, 1.82) is 0 Å². The van der Waals surface area contributed by atoms with Crippen molar-refractivity contribution in [1.82, 2.24) is 18.3 Å². The fourth-order valence-corrected chi connectivity index (χ4v) is 16.6. The molecule has 6 nitrogen and oxygen atoms in total. The highest BCUT2D eigenvalue weighted by atomic mass is 15.2. The van der Waals surface area contributed by atoms with E-state index in [9.17, 15) is 0 Å². The maximum Gasteiger partial charge on any atom is 0.0542 e. The number of para-hydroxylation sites is 6. The molecular weight excluding hydrogens is 1330 g/mol. The third-order valence-corrected chi connectivity index (χ3v) is 22.1. The van der Waals surface area contributed by atoms with E-state index < -0.39 is 0 Å². The Labute approximate surface area is 642 Å². The van der Waals surface area contributed by atoms with Crippen molar-refractivity contribution in [2.75, 3.05) is 9.80 Å². The molecule has 0 aliphatic heterocycles. The Morgan fingerprint density at radius 3 is 0.636 bits per heavy atom. The Kier molecular flexibility index (Phi) is 16.6. The molecule has 110 heavy (non-hydrogen) atoms. The van der Waals surface area contributed by atoms with Crippen molar-refractivity contribution in [3.05, 3.63) is 399 Å². The highest BCUT2D eigenvalue weighted by Gasteiger charge is 2.26. The van der Waals surface area contributed by atoms with E-state index >= 15 is 0 Å². The van der Waals surface area contributed by atoms with Gasteiger partial charge in [-0.1, -0.05) is 236 Å². The molecule has 20 rings (SSSR count). The predicted molar refractivity (Wildman–Crippen MR) is 468 cm³/mol. The molecule has 0 aliphatic rings. The lowest BCUT2D eigenvalue weighted by atomic mass is 9.86. The normalized spacial score (nSPS) is 11.9. The van der Waals surface area contributed by atoms with E-state index in [-0.39, 0.29) is 10.8 Å². The van der Waals surface area contributed by atoms with Crippen molar-refractivity contribution >= 4 is 121 Å². The third kappa shape index (κ3) is 11.9. The molecule has 0 saturated carbocycles. The second-order valence-corrected chi connectivity index (χ2v) is 31.0. The summed E-state index contributed by atoms with van der Waals surface area (Å²) in [7, 11) is 0. The minimum atomic E-state index is 0.0320. The lowest BCUT2D eigenvalue weighted by Gasteiger charge is -2.26. The quantitative estimate of drug-likeness (QED) is 0.122. The highest BCUT2D eigenvalue weighted by molar-refractivity contribution is 6.16. The van der Waals surface area contributed by atoms with Gasteiger partial charge in [0.2, 0.25) is 0 Å². The van der Waals surface area contributed by atoms with Crippen LogP contribution in [-0.4, -0.2) is 18.3 Å². The van der Waals surface area contributed by atoms with Crippen LogP contribution in [0.4, 0.5) is 34.1 Å². The first-order valence-electron chi connectivity index (χ1n) is 38.2. The van der Waals surface area contributed by atoms with Gasteiger partial charge in [-0.3, -0.25) is 0 Å². The zero-order chi connectivity index (χ0) is 74.2. The molecule has 16 aromatic carbocycles. The third-order valence-electron chi connectivity index (χ3n) is 22.1. The van der Waals surface area contributed by atoms with Crippen LogP contribution in [0.3, 0.4) is 0 Å². The molecule has 0 unspecified atom stereocenters. The van der Waals surface area contributed by atoms with Gasteiger partial charge < -0.3 is 28.1 Å². The van der Waals surface area contributed by atoms with Gasteiger partial charge in [0.05, 0.1) is 44.1 Å². The van der Waals surface area contributed by atoms with Crippen LogP contribution < -0.4 is 9.80 Å². The number of hydrogen-bond acceptors (Lipinski definition) is 2. The number of benzene rings is 16. The zero-order valence-corrected chi connectivity index (χ0v) is 62.6. The predicted octanol–water partition coefficient (Wildman–Crippen LogP) is 28.6. The first-order valence-corrected chi connectivity index (χ1v) is 38.2. The van der Waals surface area contributed by atoms with Gasteiger partial charge in [0.1, 0.15) is 0 Å². The van der Waals surface area contributed by atoms with Gasteiger partial charge in [-0.2, -0.15) is 0 Å². The van der Waals surface area contributed by atoms with Crippen LogP contribution in [-0.2, 0) is 10.8 Å². The van der Waals surface area contributed by atoms with E-state index in [0.29, 0.717) is 0 Å². The Morgan fingerprint density at radius 1 is 0.173 bits per heavy atom. The molecule has 20 aromatic rings. The zero-order valence-electron chi connectivity index (χ0n) is 62.6. The van der Waals surface area contributed by atoms with Gasteiger partial charge in [-0.05, 0) is 238 Å². The Bertz CT molecular complexity index is 6430. The average molecular weight is 1420 g/mol. The molecule has 0 amide bonds. The summed E-state index contributed by atoms with van der Waals surface area (Å²) in [4.78, 5) is 4.82. The minimum absolute atomic E-state index is 0.0320. The number of rotatable bonds is 12. The second-order valence-electron chi connectivity index (χ2n) is 31.0. The van der Waals surface area contributed by atoms with Gasteiger partial charge in [-0.15, -0.1) is 0 Å². The standard InChI is InChI=1S/C54H37N3.C50H45N3/c1-6-16-38(17-7-1)40-26-30-51-47(34-40)49-36-45(28-32-53(49)56(51)43-22-12-4-13-23-43)55(42-20-10-3-11-21-42)46-29-33-54-50(37-46)48-35-41(39-18-8-2-9-19-39)27-31-52(48)57(54)44-24-14-5-15-25-44;1-49(2,3)34-22-26-45-41(30-34)43-32-39(24-28-47(43)52(45)37-18-12-8-13-19-37)51(36-16-10-7-11-17-36)40-25-29-48-44(33-40)42-31-35(50(4,5)6)23-27-46(42)53(48)38-20-14-9-15-21-38/h1-37H;7-33H,1-6H3. The summed E-state index contributed by atoms with van der Waals surface area (Å²) in [5, 5.41) is 9.87. The smallest absolute Gasteiger partial charge is 0.0542 e. The van der Waals surface area contributed by atoms with E-state index in [0.717, 1.165) is 45.5 Å². The minimum Gasteiger partial charge on any atom is -0.310 e. The molecule has 4 heterocycles. The van der Waals surface area contributed by atoms with Crippen LogP contribution >= 0.6 is 0 Å². The van der Waals surface area contributed by atoms with Gasteiger partial charge in [0.25, 0.3) is 0 Å². The maximum atomic E-state index is 2.41. The maximum absolute atomic E-state index is 2.41. The first kappa shape index (κ1) is 67.0. The summed E-state index contributed by atoms with van der Waals surface area (Å²) >= 11 is 0. The van der Waals surface area contributed by atoms with Crippen molar-refractivity contribution < 1.29 is 0 Å². The van der Waals surface area contributed by atoms with Crippen LogP contribution in [0, 0.1) is 0 Å². The number of anilines is 6. The van der Waals surface area contributed by atoms with Crippen LogP contribution in [0.5, 0.6) is 0 Å². The van der Waals surface area contributed by atoms with Crippen LogP contribution in [0.15, 0.2) is 388 Å². The lowest BCUT2D eigenvalue weighted by molar-refractivity contribution is 0.591. The first-order chi connectivity index (χ1) is 53.8. The monoisotopic (exact) mass is 1410 g/mol. The van der Waals surface area contributed by atoms with Gasteiger partial charge in [-0.25, -0.2) is 0 Å². The summed E-state index contributed by atoms with van der Waals surface area (Å²) in [5.74, 6) is 0. The van der Waals surface area contributed by atoms with Crippen molar-refractivity contribution in [3.8, 4) is 45.0 Å². The highest BCUT2D eigenvalue weighted by Crippen LogP contribution is 2.47. The van der Waals surface area contributed by atoms with Gasteiger partial charge >= 0.3 is 0 Å². The van der Waals surface area contributed by atoms with Crippen LogP contribution in [0.25, 0.3) is 132 Å². The molecule has 0 bridgehead atoms. The molecule has 0 saturated heterocycles. The Morgan fingerprint density at radius 2 is 0.382 bits per heavy atom. The topological polar surface area (TPSA) is 26.2 Å². The molecule has 0 fully saturated rings. The molecule has 528 valence electrons. The number of hydrogen-bond donors (Lipinski definition) is 0. The fraction of sp³-hybridized carbons (Fsp3) is 0.0769. The van der Waals surface area contributed by atoms with Crippen molar-refractivity contribution in [2.24, 2.45) is 0 Å². The van der Waals surface area contributed by atoms with Crippen molar-refractivity contribution in [2.45, 2.75) is 52.4 Å². The molecule has 0 aliphatic carbocycles. The summed E-state index contributed by atoms with van der Waals surface area (Å²) in [5.41, 5.74) is 28.4. The largest absolute Gasteiger partial charge is 0.310 e. The van der Waals surface area contributed by atoms with Gasteiger partial charge in [0, 0.05) is 100.0 Å². The van der Waals surface area contributed by atoms with Crippen molar-refractivity contribution in [3.63, 3.8) is 0 Å². The SMILES string of the molecule is CC(C)(C)c1ccc2c(c1)c1cc(N(c3ccccc3)c3ccc4c(c3)c3cc(C(C)(C)C)ccc3n4-c3ccccc3)ccc1n2-c1ccccc1.c1ccc(-c2ccc3c(c2)c2cc(N(c4ccccc4)c4ccc5c(c4)c4cc(-c6ccccc6)ccc4n5-c4ccccc4)ccc2n3-c2ccccc2)cc1.